The number of piperidine rings is 1. The van der Waals surface area contributed by atoms with Crippen molar-refractivity contribution in [3.05, 3.63) is 18.2 Å². The normalized spacial score (nSPS) is 23.2. The van der Waals surface area contributed by atoms with E-state index in [1.54, 1.807) is 6.07 Å². The fraction of sp³-hybridized carbons (Fsp3) is 0.652. The Labute approximate surface area is 190 Å². The summed E-state index contributed by atoms with van der Waals surface area (Å²) in [5, 5.41) is 2.74. The molecule has 1 atom stereocenters. The van der Waals surface area contributed by atoms with Crippen LogP contribution in [-0.4, -0.2) is 61.7 Å². The van der Waals surface area contributed by atoms with E-state index >= 15 is 0 Å². The lowest BCUT2D eigenvalue weighted by Crippen LogP contribution is -2.46. The third kappa shape index (κ3) is 4.50. The highest BCUT2D eigenvalue weighted by Crippen LogP contribution is 2.34. The number of anilines is 1. The molecule has 2 amide bonds. The van der Waals surface area contributed by atoms with Gasteiger partial charge in [0, 0.05) is 32.1 Å². The predicted molar refractivity (Wildman–Crippen MR) is 121 cm³/mol. The van der Waals surface area contributed by atoms with Crippen LogP contribution in [-0.2, 0) is 19.6 Å². The molecule has 8 nitrogen and oxygen atoms in total. The molecule has 2 fully saturated rings. The Balaban J connectivity index is 1.40. The summed E-state index contributed by atoms with van der Waals surface area (Å²) in [5.41, 5.74) is 0.375. The van der Waals surface area contributed by atoms with E-state index in [1.807, 2.05) is 18.9 Å². The molecule has 2 heterocycles. The van der Waals surface area contributed by atoms with Gasteiger partial charge in [-0.25, -0.2) is 8.42 Å². The number of fused-ring (bicyclic) bond motifs is 1. The smallest absolute Gasteiger partial charge is 0.265 e. The maximum Gasteiger partial charge on any atom is 0.265 e. The maximum atomic E-state index is 13.2. The van der Waals surface area contributed by atoms with Gasteiger partial charge in [0.1, 0.15) is 5.75 Å². The van der Waals surface area contributed by atoms with Crippen molar-refractivity contribution >= 4 is 27.5 Å². The van der Waals surface area contributed by atoms with Crippen LogP contribution in [0, 0.1) is 5.92 Å². The number of carbonyl (C=O) groups is 2. The van der Waals surface area contributed by atoms with Crippen molar-refractivity contribution < 1.29 is 22.7 Å². The first kappa shape index (κ1) is 23.0. The molecule has 4 rings (SSSR count). The molecule has 1 aromatic rings. The standard InChI is InChI=1S/C23H33N3O5S/c1-3-20-22(27)24-19-15-18(9-10-21(19)31-20)32(29,30)26-13-11-16(12-14-26)23(28)25(2)17-7-5-4-6-8-17/h9-10,15-17,20H,3-8,11-14H2,1-2H3,(H,24,27)/t20-/m0/s1. The third-order valence-electron chi connectivity index (χ3n) is 7.05. The van der Waals surface area contributed by atoms with Gasteiger partial charge in [-0.15, -0.1) is 0 Å². The van der Waals surface area contributed by atoms with Gasteiger partial charge < -0.3 is 15.0 Å². The molecular formula is C23H33N3O5S. The first-order valence-electron chi connectivity index (χ1n) is 11.7. The summed E-state index contributed by atoms with van der Waals surface area (Å²) >= 11 is 0. The van der Waals surface area contributed by atoms with Crippen molar-refractivity contribution in [2.45, 2.75) is 75.3 Å². The molecule has 32 heavy (non-hydrogen) atoms. The minimum absolute atomic E-state index is 0.124. The summed E-state index contributed by atoms with van der Waals surface area (Å²) in [7, 11) is -1.82. The zero-order valence-corrected chi connectivity index (χ0v) is 19.7. The van der Waals surface area contributed by atoms with E-state index in [1.165, 1.54) is 35.7 Å². The van der Waals surface area contributed by atoms with Crippen LogP contribution < -0.4 is 10.1 Å². The van der Waals surface area contributed by atoms with Crippen molar-refractivity contribution in [2.24, 2.45) is 5.92 Å². The largest absolute Gasteiger partial charge is 0.478 e. The first-order valence-corrected chi connectivity index (χ1v) is 13.1. The van der Waals surface area contributed by atoms with Crippen LogP contribution in [0.1, 0.15) is 58.3 Å². The molecule has 0 radical (unpaired) electrons. The summed E-state index contributed by atoms with van der Waals surface area (Å²) in [6.45, 7) is 2.49. The second-order valence-electron chi connectivity index (χ2n) is 9.08. The lowest BCUT2D eigenvalue weighted by Gasteiger charge is -2.36. The van der Waals surface area contributed by atoms with Gasteiger partial charge in [-0.05, 0) is 50.3 Å². The lowest BCUT2D eigenvalue weighted by molar-refractivity contribution is -0.138. The van der Waals surface area contributed by atoms with Crippen LogP contribution in [0.15, 0.2) is 23.1 Å². The van der Waals surface area contributed by atoms with E-state index in [9.17, 15) is 18.0 Å². The Hall–Kier alpha value is -2.13. The maximum absolute atomic E-state index is 13.2. The molecule has 0 unspecified atom stereocenters. The van der Waals surface area contributed by atoms with Crippen LogP contribution in [0.25, 0.3) is 0 Å². The summed E-state index contributed by atoms with van der Waals surface area (Å²) in [6.07, 6.45) is 6.74. The lowest BCUT2D eigenvalue weighted by atomic mass is 9.91. The van der Waals surface area contributed by atoms with Gasteiger partial charge in [-0.3, -0.25) is 9.59 Å². The zero-order chi connectivity index (χ0) is 22.9. The average molecular weight is 464 g/mol. The van der Waals surface area contributed by atoms with E-state index < -0.39 is 16.1 Å². The number of hydrogen-bond donors (Lipinski definition) is 1. The summed E-state index contributed by atoms with van der Waals surface area (Å²) in [5.74, 6) is 0.227. The molecule has 0 bridgehead atoms. The predicted octanol–water partition coefficient (Wildman–Crippen LogP) is 2.99. The van der Waals surface area contributed by atoms with Gasteiger partial charge in [-0.2, -0.15) is 4.31 Å². The van der Waals surface area contributed by atoms with E-state index in [2.05, 4.69) is 5.32 Å². The number of nitrogens with zero attached hydrogens (tertiary/aromatic N) is 2. The van der Waals surface area contributed by atoms with Gasteiger partial charge >= 0.3 is 0 Å². The molecule has 1 saturated heterocycles. The Morgan fingerprint density at radius 3 is 2.50 bits per heavy atom. The SMILES string of the molecule is CC[C@@H]1Oc2ccc(S(=O)(=O)N3CCC(C(=O)N(C)C4CCCCC4)CC3)cc2NC1=O. The van der Waals surface area contributed by atoms with Gasteiger partial charge in [0.25, 0.3) is 5.91 Å². The van der Waals surface area contributed by atoms with Crippen LogP contribution in [0.4, 0.5) is 5.69 Å². The summed E-state index contributed by atoms with van der Waals surface area (Å²) < 4.78 is 33.5. The minimum atomic E-state index is -3.72. The highest BCUT2D eigenvalue weighted by molar-refractivity contribution is 7.89. The van der Waals surface area contributed by atoms with Crippen LogP contribution in [0.3, 0.4) is 0 Å². The van der Waals surface area contributed by atoms with Crippen LogP contribution in [0.5, 0.6) is 5.75 Å². The van der Waals surface area contributed by atoms with Crippen molar-refractivity contribution in [3.8, 4) is 5.75 Å². The van der Waals surface area contributed by atoms with Crippen LogP contribution >= 0.6 is 0 Å². The van der Waals surface area contributed by atoms with Crippen molar-refractivity contribution in [1.82, 2.24) is 9.21 Å². The highest BCUT2D eigenvalue weighted by atomic mass is 32.2. The molecular weight excluding hydrogens is 430 g/mol. The molecule has 1 N–H and O–H groups in total. The zero-order valence-electron chi connectivity index (χ0n) is 18.9. The van der Waals surface area contributed by atoms with E-state index in [0.717, 1.165) is 12.8 Å². The van der Waals surface area contributed by atoms with E-state index in [4.69, 9.17) is 4.74 Å². The number of ether oxygens (including phenoxy) is 1. The second-order valence-corrected chi connectivity index (χ2v) is 11.0. The monoisotopic (exact) mass is 463 g/mol. The van der Waals surface area contributed by atoms with Gasteiger partial charge in [0.2, 0.25) is 15.9 Å². The molecule has 3 aliphatic rings. The number of sulfonamides is 1. The van der Waals surface area contributed by atoms with Crippen molar-refractivity contribution in [3.63, 3.8) is 0 Å². The fourth-order valence-electron chi connectivity index (χ4n) is 4.99. The second kappa shape index (κ2) is 9.39. The average Bonchev–Trinajstić information content (AvgIpc) is 2.82. The van der Waals surface area contributed by atoms with Gasteiger partial charge in [0.15, 0.2) is 6.10 Å². The number of nitrogens with one attached hydrogen (secondary N) is 1. The van der Waals surface area contributed by atoms with Gasteiger partial charge in [0.05, 0.1) is 10.6 Å². The molecule has 0 aromatic heterocycles. The Bertz CT molecular complexity index is 966. The Morgan fingerprint density at radius 2 is 1.84 bits per heavy atom. The Kier molecular flexibility index (Phi) is 6.76. The Morgan fingerprint density at radius 1 is 1.16 bits per heavy atom. The van der Waals surface area contributed by atoms with Gasteiger partial charge in [-0.1, -0.05) is 26.2 Å². The van der Waals surface area contributed by atoms with Crippen molar-refractivity contribution in [1.29, 1.82) is 0 Å². The number of amides is 2. The molecule has 0 spiro atoms. The summed E-state index contributed by atoms with van der Waals surface area (Å²) in [6, 6.07) is 4.90. The molecule has 1 saturated carbocycles. The minimum Gasteiger partial charge on any atom is -0.478 e. The quantitative estimate of drug-likeness (QED) is 0.724. The number of benzene rings is 1. The molecule has 2 aliphatic heterocycles. The number of hydrogen-bond acceptors (Lipinski definition) is 5. The highest BCUT2D eigenvalue weighted by Gasteiger charge is 2.35. The molecule has 1 aromatic carbocycles. The molecule has 1 aliphatic carbocycles. The third-order valence-corrected chi connectivity index (χ3v) is 8.95. The summed E-state index contributed by atoms with van der Waals surface area (Å²) in [4.78, 5) is 27.1. The van der Waals surface area contributed by atoms with Crippen LogP contribution in [0.2, 0.25) is 0 Å². The molecule has 176 valence electrons. The van der Waals surface area contributed by atoms with Crippen molar-refractivity contribution in [2.75, 3.05) is 25.5 Å². The first-order chi connectivity index (χ1) is 15.3. The fourth-order valence-corrected chi connectivity index (χ4v) is 6.48. The molecule has 9 heteroatoms. The van der Waals surface area contributed by atoms with E-state index in [-0.39, 0.29) is 22.6 Å². The number of carbonyl (C=O) groups excluding carboxylic acids is 2. The topological polar surface area (TPSA) is 96.0 Å². The van der Waals surface area contributed by atoms with E-state index in [0.29, 0.717) is 49.8 Å². The number of rotatable bonds is 5.